The van der Waals surface area contributed by atoms with Crippen molar-refractivity contribution in [3.05, 3.63) is 71.8 Å². The van der Waals surface area contributed by atoms with E-state index in [1.807, 2.05) is 59.5 Å². The number of halogens is 1. The zero-order chi connectivity index (χ0) is 13.8. The fourth-order valence-corrected chi connectivity index (χ4v) is 2.07. The van der Waals surface area contributed by atoms with Crippen molar-refractivity contribution in [2.75, 3.05) is 5.32 Å². The summed E-state index contributed by atoms with van der Waals surface area (Å²) in [5.41, 5.74) is 2.94. The van der Waals surface area contributed by atoms with Crippen LogP contribution in [0.1, 0.15) is 5.56 Å². The third-order valence-electron chi connectivity index (χ3n) is 2.90. The number of benzene rings is 1. The Bertz CT molecular complexity index is 694. The summed E-state index contributed by atoms with van der Waals surface area (Å²) in [6, 6.07) is 13.7. The number of pyridine rings is 1. The third-order valence-corrected chi connectivity index (χ3v) is 3.20. The molecule has 2 heterocycles. The first-order chi connectivity index (χ1) is 9.83. The zero-order valence-electron chi connectivity index (χ0n) is 10.7. The molecule has 20 heavy (non-hydrogen) atoms. The van der Waals surface area contributed by atoms with Crippen molar-refractivity contribution in [2.24, 2.45) is 0 Å². The van der Waals surface area contributed by atoms with Crippen LogP contribution in [-0.2, 0) is 6.54 Å². The van der Waals surface area contributed by atoms with E-state index in [4.69, 9.17) is 11.6 Å². The summed E-state index contributed by atoms with van der Waals surface area (Å²) in [7, 11) is 0. The number of hydrogen-bond acceptors (Lipinski definition) is 3. The number of rotatable bonds is 4. The van der Waals surface area contributed by atoms with E-state index in [1.165, 1.54) is 0 Å². The van der Waals surface area contributed by atoms with Gasteiger partial charge in [0.1, 0.15) is 0 Å². The Morgan fingerprint density at radius 3 is 2.75 bits per heavy atom. The van der Waals surface area contributed by atoms with E-state index in [0.717, 1.165) is 16.9 Å². The minimum absolute atomic E-state index is 0.475. The highest BCUT2D eigenvalue weighted by Gasteiger charge is 2.03. The Morgan fingerprint density at radius 1 is 1.10 bits per heavy atom. The van der Waals surface area contributed by atoms with Crippen molar-refractivity contribution >= 4 is 17.3 Å². The molecule has 0 aliphatic carbocycles. The van der Waals surface area contributed by atoms with Crippen molar-refractivity contribution < 1.29 is 0 Å². The molecule has 0 fully saturated rings. The molecule has 0 amide bonds. The van der Waals surface area contributed by atoms with Gasteiger partial charge in [0.2, 0.25) is 0 Å². The second-order valence-corrected chi connectivity index (χ2v) is 4.68. The Kier molecular flexibility index (Phi) is 3.65. The maximum Gasteiger partial charge on any atom is 0.152 e. The van der Waals surface area contributed by atoms with Gasteiger partial charge in [-0.2, -0.15) is 5.10 Å². The number of nitrogens with zero attached hydrogens (tertiary/aromatic N) is 3. The molecule has 0 aliphatic heterocycles. The van der Waals surface area contributed by atoms with E-state index in [-0.39, 0.29) is 0 Å². The van der Waals surface area contributed by atoms with Crippen LogP contribution in [0.25, 0.3) is 5.69 Å². The third kappa shape index (κ3) is 2.81. The molecule has 4 nitrogen and oxygen atoms in total. The molecule has 0 saturated carbocycles. The van der Waals surface area contributed by atoms with Crippen molar-refractivity contribution in [1.29, 1.82) is 0 Å². The highest BCUT2D eigenvalue weighted by atomic mass is 35.5. The molecule has 3 aromatic rings. The molecule has 0 aliphatic rings. The van der Waals surface area contributed by atoms with E-state index in [1.54, 1.807) is 6.20 Å². The standard InChI is InChI=1S/C15H13ClN4/c16-15-14(7-4-8-17-15)18-9-12-10-19-20(11-12)13-5-2-1-3-6-13/h1-8,10-11,18H,9H2. The minimum Gasteiger partial charge on any atom is -0.378 e. The van der Waals surface area contributed by atoms with Gasteiger partial charge < -0.3 is 5.32 Å². The number of nitrogens with one attached hydrogen (secondary N) is 1. The van der Waals surface area contributed by atoms with Gasteiger partial charge in [0.15, 0.2) is 5.15 Å². The van der Waals surface area contributed by atoms with Crippen LogP contribution in [0.5, 0.6) is 0 Å². The molecule has 0 radical (unpaired) electrons. The lowest BCUT2D eigenvalue weighted by Crippen LogP contribution is -1.99. The highest BCUT2D eigenvalue weighted by molar-refractivity contribution is 6.31. The topological polar surface area (TPSA) is 42.7 Å². The first-order valence-corrected chi connectivity index (χ1v) is 6.64. The lowest BCUT2D eigenvalue weighted by Gasteiger charge is -2.05. The van der Waals surface area contributed by atoms with Gasteiger partial charge >= 0.3 is 0 Å². The van der Waals surface area contributed by atoms with E-state index >= 15 is 0 Å². The molecule has 100 valence electrons. The van der Waals surface area contributed by atoms with Crippen molar-refractivity contribution in [1.82, 2.24) is 14.8 Å². The Morgan fingerprint density at radius 2 is 1.95 bits per heavy atom. The molecule has 0 spiro atoms. The van der Waals surface area contributed by atoms with Crippen LogP contribution >= 0.6 is 11.6 Å². The van der Waals surface area contributed by atoms with Gasteiger partial charge in [0.05, 0.1) is 17.6 Å². The molecular weight excluding hydrogens is 272 g/mol. The van der Waals surface area contributed by atoms with Crippen LogP contribution in [0, 0.1) is 0 Å². The molecule has 0 bridgehead atoms. The zero-order valence-corrected chi connectivity index (χ0v) is 11.5. The Labute approximate surface area is 122 Å². The summed E-state index contributed by atoms with van der Waals surface area (Å²) in [6.45, 7) is 0.651. The fourth-order valence-electron chi connectivity index (χ4n) is 1.89. The lowest BCUT2D eigenvalue weighted by atomic mass is 10.3. The van der Waals surface area contributed by atoms with Crippen molar-refractivity contribution in [2.45, 2.75) is 6.54 Å². The number of para-hydroxylation sites is 1. The summed E-state index contributed by atoms with van der Waals surface area (Å²) in [5.74, 6) is 0. The van der Waals surface area contributed by atoms with E-state index < -0.39 is 0 Å². The first-order valence-electron chi connectivity index (χ1n) is 6.26. The van der Waals surface area contributed by atoms with Crippen LogP contribution < -0.4 is 5.32 Å². The molecule has 0 unspecified atom stereocenters. The van der Waals surface area contributed by atoms with Crippen LogP contribution in [0.15, 0.2) is 61.1 Å². The van der Waals surface area contributed by atoms with Gasteiger partial charge in [0, 0.05) is 24.5 Å². The number of aromatic nitrogens is 3. The summed E-state index contributed by atoms with van der Waals surface area (Å²) in [5, 5.41) is 8.07. The first kappa shape index (κ1) is 12.7. The quantitative estimate of drug-likeness (QED) is 0.745. The normalized spacial score (nSPS) is 10.4. The van der Waals surface area contributed by atoms with E-state index in [9.17, 15) is 0 Å². The largest absolute Gasteiger partial charge is 0.378 e. The summed E-state index contributed by atoms with van der Waals surface area (Å²) >= 11 is 6.00. The average molecular weight is 285 g/mol. The van der Waals surface area contributed by atoms with Crippen LogP contribution in [0.2, 0.25) is 5.15 Å². The molecule has 2 aromatic heterocycles. The molecule has 0 saturated heterocycles. The highest BCUT2D eigenvalue weighted by Crippen LogP contribution is 2.18. The maximum absolute atomic E-state index is 6.00. The summed E-state index contributed by atoms with van der Waals surface area (Å²) in [6.07, 6.45) is 5.50. The predicted octanol–water partition coefficient (Wildman–Crippen LogP) is 3.53. The van der Waals surface area contributed by atoms with Gasteiger partial charge in [-0.05, 0) is 24.3 Å². The van der Waals surface area contributed by atoms with Gasteiger partial charge in [-0.1, -0.05) is 29.8 Å². The molecule has 5 heteroatoms. The Balaban J connectivity index is 1.71. The minimum atomic E-state index is 0.475. The predicted molar refractivity (Wildman–Crippen MR) is 80.1 cm³/mol. The number of anilines is 1. The fraction of sp³-hybridized carbons (Fsp3) is 0.0667. The smallest absolute Gasteiger partial charge is 0.152 e. The van der Waals surface area contributed by atoms with Gasteiger partial charge in [0.25, 0.3) is 0 Å². The molecular formula is C15H13ClN4. The average Bonchev–Trinajstić information content (AvgIpc) is 2.96. The van der Waals surface area contributed by atoms with Gasteiger partial charge in [-0.25, -0.2) is 9.67 Å². The number of hydrogen-bond donors (Lipinski definition) is 1. The Hall–Kier alpha value is -2.33. The van der Waals surface area contributed by atoms with Gasteiger partial charge in [-0.15, -0.1) is 0 Å². The molecule has 1 N–H and O–H groups in total. The SMILES string of the molecule is Clc1ncccc1NCc1cnn(-c2ccccc2)c1. The molecule has 3 rings (SSSR count). The maximum atomic E-state index is 6.00. The van der Waals surface area contributed by atoms with E-state index in [2.05, 4.69) is 15.4 Å². The monoisotopic (exact) mass is 284 g/mol. The molecule has 0 atom stereocenters. The van der Waals surface area contributed by atoms with Crippen molar-refractivity contribution in [3.8, 4) is 5.69 Å². The lowest BCUT2D eigenvalue weighted by molar-refractivity contribution is 0.880. The van der Waals surface area contributed by atoms with E-state index in [0.29, 0.717) is 11.7 Å². The second kappa shape index (κ2) is 5.75. The van der Waals surface area contributed by atoms with Crippen LogP contribution in [-0.4, -0.2) is 14.8 Å². The van der Waals surface area contributed by atoms with Gasteiger partial charge in [-0.3, -0.25) is 0 Å². The van der Waals surface area contributed by atoms with Crippen LogP contribution in [0.3, 0.4) is 0 Å². The summed E-state index contributed by atoms with van der Waals surface area (Å²) < 4.78 is 1.85. The summed E-state index contributed by atoms with van der Waals surface area (Å²) in [4.78, 5) is 4.03. The van der Waals surface area contributed by atoms with Crippen LogP contribution in [0.4, 0.5) is 5.69 Å². The van der Waals surface area contributed by atoms with Crippen molar-refractivity contribution in [3.63, 3.8) is 0 Å². The second-order valence-electron chi connectivity index (χ2n) is 4.32. The molecule has 1 aromatic carbocycles.